The van der Waals surface area contributed by atoms with Gasteiger partial charge in [-0.05, 0) is 19.1 Å². The summed E-state index contributed by atoms with van der Waals surface area (Å²) in [5.41, 5.74) is 3.74. The molecular weight excluding hydrogens is 378 g/mol. The van der Waals surface area contributed by atoms with Crippen LogP contribution in [0, 0.1) is 6.92 Å². The number of halogens is 1. The summed E-state index contributed by atoms with van der Waals surface area (Å²) in [6, 6.07) is 9.24. The molecule has 1 atom stereocenters. The van der Waals surface area contributed by atoms with E-state index in [-0.39, 0.29) is 11.5 Å². The monoisotopic (exact) mass is 397 g/mol. The van der Waals surface area contributed by atoms with Crippen LogP contribution >= 0.6 is 11.6 Å². The highest BCUT2D eigenvalue weighted by molar-refractivity contribution is 6.30. The number of benzene rings is 1. The van der Waals surface area contributed by atoms with Crippen LogP contribution in [0.25, 0.3) is 16.9 Å². The standard InChI is InChI=1S/C20H20ClN5O2/c1-12(10-25-11-14(21)9-22-25)16-8-18(27)26-20(23-16)13(2)19(24-26)15-6-4-5-7-17(15)28-3/h4-9,11-12,24H,10H2,1-3H3. The van der Waals surface area contributed by atoms with E-state index >= 15 is 0 Å². The van der Waals surface area contributed by atoms with Crippen molar-refractivity contribution in [2.75, 3.05) is 7.11 Å². The smallest absolute Gasteiger partial charge is 0.272 e. The second kappa shape index (κ2) is 7.16. The van der Waals surface area contributed by atoms with Crippen LogP contribution < -0.4 is 10.3 Å². The largest absolute Gasteiger partial charge is 0.496 e. The molecule has 8 heteroatoms. The number of ether oxygens (including phenoxy) is 1. The maximum Gasteiger partial charge on any atom is 0.272 e. The van der Waals surface area contributed by atoms with Crippen LogP contribution in [0.4, 0.5) is 0 Å². The molecule has 3 heterocycles. The number of methoxy groups -OCH3 is 1. The molecule has 1 unspecified atom stereocenters. The molecule has 0 aliphatic heterocycles. The van der Waals surface area contributed by atoms with Gasteiger partial charge in [0, 0.05) is 35.9 Å². The Morgan fingerprint density at radius 3 is 2.82 bits per heavy atom. The number of fused-ring (bicyclic) bond motifs is 1. The van der Waals surface area contributed by atoms with Crippen molar-refractivity contribution in [1.82, 2.24) is 24.4 Å². The van der Waals surface area contributed by atoms with Gasteiger partial charge in [-0.2, -0.15) is 5.10 Å². The SMILES string of the molecule is COc1ccccc1-c1[nH]n2c(=O)cc(C(C)Cn3cc(Cl)cn3)nc2c1C. The Bertz CT molecular complexity index is 1210. The molecule has 0 amide bonds. The number of nitrogens with one attached hydrogen (secondary N) is 1. The normalized spacial score (nSPS) is 12.4. The predicted octanol–water partition coefficient (Wildman–Crippen LogP) is 3.66. The van der Waals surface area contributed by atoms with Crippen LogP contribution in [0.15, 0.2) is 47.5 Å². The molecule has 28 heavy (non-hydrogen) atoms. The minimum Gasteiger partial charge on any atom is -0.496 e. The zero-order valence-electron chi connectivity index (χ0n) is 15.8. The van der Waals surface area contributed by atoms with Gasteiger partial charge in [0.25, 0.3) is 5.56 Å². The highest BCUT2D eigenvalue weighted by Crippen LogP contribution is 2.32. The molecule has 0 bridgehead atoms. The van der Waals surface area contributed by atoms with E-state index < -0.39 is 0 Å². The van der Waals surface area contributed by atoms with Gasteiger partial charge in [-0.15, -0.1) is 0 Å². The lowest BCUT2D eigenvalue weighted by molar-refractivity contribution is 0.416. The second-order valence-electron chi connectivity index (χ2n) is 6.77. The van der Waals surface area contributed by atoms with E-state index in [0.717, 1.165) is 22.6 Å². The number of aromatic amines is 1. The lowest BCUT2D eigenvalue weighted by Gasteiger charge is -2.11. The van der Waals surface area contributed by atoms with Crippen molar-refractivity contribution in [2.45, 2.75) is 26.3 Å². The average Bonchev–Trinajstić information content (AvgIpc) is 3.25. The fourth-order valence-electron chi connectivity index (χ4n) is 3.35. The van der Waals surface area contributed by atoms with Crippen LogP contribution in [-0.4, -0.2) is 31.5 Å². The molecule has 4 aromatic rings. The minimum atomic E-state index is -0.158. The molecule has 0 saturated heterocycles. The molecule has 144 valence electrons. The van der Waals surface area contributed by atoms with Gasteiger partial charge in [-0.3, -0.25) is 14.6 Å². The molecule has 0 aliphatic rings. The fraction of sp³-hybridized carbons (Fsp3) is 0.250. The van der Waals surface area contributed by atoms with Crippen LogP contribution in [0.2, 0.25) is 5.02 Å². The first-order valence-corrected chi connectivity index (χ1v) is 9.29. The molecule has 4 rings (SSSR count). The topological polar surface area (TPSA) is 77.2 Å². The molecule has 0 saturated carbocycles. The summed E-state index contributed by atoms with van der Waals surface area (Å²) in [5, 5.41) is 7.95. The Hall–Kier alpha value is -3.06. The number of hydrogen-bond acceptors (Lipinski definition) is 4. The van der Waals surface area contributed by atoms with E-state index in [2.05, 4.69) is 10.2 Å². The summed E-state index contributed by atoms with van der Waals surface area (Å²) in [7, 11) is 1.63. The number of rotatable bonds is 5. The van der Waals surface area contributed by atoms with Crippen LogP contribution in [0.5, 0.6) is 5.75 Å². The zero-order valence-corrected chi connectivity index (χ0v) is 16.6. The first-order chi connectivity index (χ1) is 13.5. The van der Waals surface area contributed by atoms with Gasteiger partial charge in [0.05, 0.1) is 29.7 Å². The lowest BCUT2D eigenvalue weighted by Crippen LogP contribution is -2.18. The number of aryl methyl sites for hydroxylation is 1. The number of hydrogen-bond donors (Lipinski definition) is 1. The second-order valence-corrected chi connectivity index (χ2v) is 7.21. The summed E-state index contributed by atoms with van der Waals surface area (Å²) in [4.78, 5) is 17.5. The molecule has 3 aromatic heterocycles. The third-order valence-corrected chi connectivity index (χ3v) is 5.01. The highest BCUT2D eigenvalue weighted by Gasteiger charge is 2.18. The average molecular weight is 398 g/mol. The number of aromatic nitrogens is 5. The summed E-state index contributed by atoms with van der Waals surface area (Å²) in [6.07, 6.45) is 3.35. The zero-order chi connectivity index (χ0) is 19.8. The summed E-state index contributed by atoms with van der Waals surface area (Å²) in [6.45, 7) is 4.54. The van der Waals surface area contributed by atoms with E-state index in [0.29, 0.717) is 22.9 Å². The third kappa shape index (κ3) is 3.18. The quantitative estimate of drug-likeness (QED) is 0.557. The first-order valence-electron chi connectivity index (χ1n) is 8.91. The molecule has 7 nitrogen and oxygen atoms in total. The lowest BCUT2D eigenvalue weighted by atomic mass is 10.1. The Kier molecular flexibility index (Phi) is 4.68. The minimum absolute atomic E-state index is 0.00215. The van der Waals surface area contributed by atoms with E-state index in [1.54, 1.807) is 30.3 Å². The predicted molar refractivity (Wildman–Crippen MR) is 108 cm³/mol. The van der Waals surface area contributed by atoms with Crippen molar-refractivity contribution >= 4 is 17.2 Å². The van der Waals surface area contributed by atoms with E-state index in [4.69, 9.17) is 21.3 Å². The Morgan fingerprint density at radius 1 is 1.32 bits per heavy atom. The maximum atomic E-state index is 12.7. The van der Waals surface area contributed by atoms with E-state index in [1.807, 2.05) is 38.1 Å². The van der Waals surface area contributed by atoms with Gasteiger partial charge in [-0.1, -0.05) is 30.7 Å². The van der Waals surface area contributed by atoms with Gasteiger partial charge in [0.2, 0.25) is 0 Å². The molecule has 0 fully saturated rings. The van der Waals surface area contributed by atoms with E-state index in [1.165, 1.54) is 4.52 Å². The van der Waals surface area contributed by atoms with Gasteiger partial charge < -0.3 is 4.74 Å². The number of nitrogens with zero attached hydrogens (tertiary/aromatic N) is 4. The van der Waals surface area contributed by atoms with Gasteiger partial charge in [0.1, 0.15) is 5.75 Å². The van der Waals surface area contributed by atoms with Crippen LogP contribution in [0.3, 0.4) is 0 Å². The van der Waals surface area contributed by atoms with Crippen molar-refractivity contribution in [1.29, 1.82) is 0 Å². The molecule has 1 N–H and O–H groups in total. The number of para-hydroxylation sites is 1. The van der Waals surface area contributed by atoms with Gasteiger partial charge >= 0.3 is 0 Å². The first kappa shape index (κ1) is 18.3. The molecule has 0 radical (unpaired) electrons. The van der Waals surface area contributed by atoms with Crippen molar-refractivity contribution in [3.8, 4) is 17.0 Å². The Balaban J connectivity index is 1.78. The van der Waals surface area contributed by atoms with Crippen molar-refractivity contribution in [2.24, 2.45) is 0 Å². The van der Waals surface area contributed by atoms with Crippen LogP contribution in [0.1, 0.15) is 24.1 Å². The summed E-state index contributed by atoms with van der Waals surface area (Å²) >= 11 is 5.93. The Morgan fingerprint density at radius 2 is 2.11 bits per heavy atom. The van der Waals surface area contributed by atoms with Gasteiger partial charge in [-0.25, -0.2) is 9.50 Å². The van der Waals surface area contributed by atoms with E-state index in [9.17, 15) is 4.79 Å². The molecular formula is C20H20ClN5O2. The van der Waals surface area contributed by atoms with Crippen molar-refractivity contribution < 1.29 is 4.74 Å². The fourth-order valence-corrected chi connectivity index (χ4v) is 3.50. The molecule has 1 aromatic carbocycles. The Labute approximate surface area is 166 Å². The summed E-state index contributed by atoms with van der Waals surface area (Å²) in [5.74, 6) is 0.729. The maximum absolute atomic E-state index is 12.7. The number of H-pyrrole nitrogens is 1. The van der Waals surface area contributed by atoms with Crippen molar-refractivity contribution in [3.63, 3.8) is 0 Å². The molecule has 0 aliphatic carbocycles. The van der Waals surface area contributed by atoms with Gasteiger partial charge in [0.15, 0.2) is 5.65 Å². The summed E-state index contributed by atoms with van der Waals surface area (Å²) < 4.78 is 8.68. The molecule has 0 spiro atoms. The van der Waals surface area contributed by atoms with Crippen LogP contribution in [-0.2, 0) is 6.54 Å². The third-order valence-electron chi connectivity index (χ3n) is 4.82. The van der Waals surface area contributed by atoms with Crippen molar-refractivity contribution in [3.05, 3.63) is 69.4 Å². The highest BCUT2D eigenvalue weighted by atomic mass is 35.5.